The van der Waals surface area contributed by atoms with Gasteiger partial charge in [-0.3, -0.25) is 64.8 Å². The van der Waals surface area contributed by atoms with Gasteiger partial charge in [-0.2, -0.15) is 39.5 Å². The summed E-state index contributed by atoms with van der Waals surface area (Å²) in [5, 5.41) is 0.00851. The first kappa shape index (κ1) is 104. The number of alkyl halides is 13. The van der Waals surface area contributed by atoms with Crippen molar-refractivity contribution in [2.75, 3.05) is 55.5 Å². The molecule has 0 saturated heterocycles. The number of hydrogen-bond acceptors (Lipinski definition) is 26. The molecule has 0 fully saturated rings. The number of phosphoric ester groups is 2. The van der Waals surface area contributed by atoms with Crippen LogP contribution >= 0.6 is 93.3 Å². The number of nitrogens with zero attached hydrogens (tertiary/aromatic N) is 3. The summed E-state index contributed by atoms with van der Waals surface area (Å²) in [6, 6.07) is 15.8. The SMILES string of the molecule is C.C.C.C.C.COc1ccc(Cl)cc1C1(F)C(=O)N(CCl)c2cc(C(F)(F)F)ccc21.COc1ccc(Cl)cc1C1(F)C(=O)N(COP(=O)([O-])OP(=O)([O-])[O-])c2cc(C(F)(F)F)ccc21.COc1ccc(Cl)cc1C1(F)C(=O)N(COP(=O)([O-])OP(=O)([O-])[O-])c2cc(C(F)(F)F)ccc21.O=P([O-])([O-])OP(=O)([O-])O.[V]. The Morgan fingerprint density at radius 3 is 0.844 bits per heavy atom. The van der Waals surface area contributed by atoms with Gasteiger partial charge < -0.3 is 76.8 Å². The average molecular weight is 1810 g/mol. The Kier molecular flexibility index (Phi) is 36.0. The third-order valence-corrected chi connectivity index (χ3v) is 20.2. The van der Waals surface area contributed by atoms with E-state index in [-0.39, 0.29) is 115 Å². The molecule has 0 aromatic heterocycles. The number of carbonyl (C=O) groups is 3. The first-order valence-corrected chi connectivity index (χ1v) is 36.7. The summed E-state index contributed by atoms with van der Waals surface area (Å²) in [6.45, 7) is -3.05. The number of carbonyl (C=O) groups excluding carboxylic acids is 3. The van der Waals surface area contributed by atoms with E-state index in [2.05, 4.69) is 22.0 Å². The van der Waals surface area contributed by atoms with E-state index in [0.29, 0.717) is 42.5 Å². The van der Waals surface area contributed by atoms with Crippen molar-refractivity contribution in [2.24, 2.45) is 0 Å². The van der Waals surface area contributed by atoms with Crippen molar-refractivity contribution in [1.82, 2.24) is 0 Å². The molecule has 3 heterocycles. The minimum Gasteiger partial charge on any atom is -0.790 e. The van der Waals surface area contributed by atoms with E-state index in [1.165, 1.54) is 49.6 Å². The summed E-state index contributed by atoms with van der Waals surface area (Å²) in [7, 11) is -31.5. The first-order valence-electron chi connectivity index (χ1n) is 26.2. The molecular weight excluding hydrogens is 1750 g/mol. The molecule has 3 aliphatic rings. The molecule has 9 rings (SSSR count). The molecule has 0 spiro atoms. The smallest absolute Gasteiger partial charge is 0.416 e. The summed E-state index contributed by atoms with van der Waals surface area (Å²) in [5.74, 6) is -4.74. The standard InChI is InChI=1S/C17H11Cl2F4NO2.2C17H14ClF4NO9P2.5CH4.H4O7P2.V/c1-26-14-5-3-10(19)7-12(14)16(20)11-4-2-9(17(21,22)23)6-13(11)24(8-18)15(16)25;2*1-30-14-5-3-10(18)7-12(14)16(19)11-4-2-9(17(20,21)22)6-13(11)23(15(16)24)8-31-34(28,29)32-33(25,26)27;;;;;;1-8(2,3)7-9(4,5)6;/h2-7H,8H2,1H3;2*2-7H,8H2,1H3,(H,28,29)(H2,25,26,27);5*1H4;(H2,1,2,3)(H2,4,5,6);/p-9. The zero-order chi connectivity index (χ0) is 78.4. The summed E-state index contributed by atoms with van der Waals surface area (Å²) >= 11 is 23.4. The van der Waals surface area contributed by atoms with Crippen molar-refractivity contribution in [3.05, 3.63) is 174 Å². The number of anilines is 3. The Bertz CT molecular complexity index is 4400. The Morgan fingerprint density at radius 1 is 0.404 bits per heavy atom. The monoisotopic (exact) mass is 1800 g/mol. The Hall–Kier alpha value is -5.19. The quantitative estimate of drug-likeness (QED) is 0.0341. The molecule has 1 radical (unpaired) electrons. The number of hydrogen-bond donors (Lipinski definition) is 1. The summed E-state index contributed by atoms with van der Waals surface area (Å²) in [5.41, 5.74) is -17.4. The fourth-order valence-electron chi connectivity index (χ4n) is 9.58. The van der Waals surface area contributed by atoms with Crippen molar-refractivity contribution in [2.45, 2.75) is 72.7 Å². The van der Waals surface area contributed by atoms with E-state index in [9.17, 15) is 125 Å². The number of halogens is 16. The fraction of sp³-hybridized carbons (Fsp3) is 0.304. The molecule has 611 valence electrons. The Labute approximate surface area is 642 Å². The van der Waals surface area contributed by atoms with Crippen molar-refractivity contribution in [1.29, 1.82) is 0 Å². The van der Waals surface area contributed by atoms with Crippen LogP contribution in [0, 0.1) is 0 Å². The molecule has 0 bridgehead atoms. The second-order valence-electron chi connectivity index (χ2n) is 20.0. The van der Waals surface area contributed by atoms with Crippen LogP contribution in [0.1, 0.15) is 87.2 Å². The molecule has 30 nitrogen and oxygen atoms in total. The van der Waals surface area contributed by atoms with E-state index in [1.807, 2.05) is 0 Å². The van der Waals surface area contributed by atoms with Gasteiger partial charge in [-0.25, -0.2) is 13.2 Å². The van der Waals surface area contributed by atoms with Gasteiger partial charge in [-0.05, 0) is 91.0 Å². The number of methoxy groups -OCH3 is 3. The largest absolute Gasteiger partial charge is 0.790 e. The van der Waals surface area contributed by atoms with Gasteiger partial charge >= 0.3 is 18.5 Å². The fourth-order valence-corrected chi connectivity index (χ4v) is 14.2. The maximum Gasteiger partial charge on any atom is 0.416 e. The second kappa shape index (κ2) is 37.8. The molecular formula is C56H54Cl4F12N3O27P6V-9. The van der Waals surface area contributed by atoms with Gasteiger partial charge in [0, 0.05) is 67.0 Å². The van der Waals surface area contributed by atoms with Gasteiger partial charge in [0.2, 0.25) is 17.0 Å². The average Bonchev–Trinajstić information content (AvgIpc) is 1.58. The van der Waals surface area contributed by atoms with Crippen LogP contribution in [-0.4, -0.2) is 63.4 Å². The zero-order valence-electron chi connectivity index (χ0n) is 50.6. The molecule has 109 heavy (non-hydrogen) atoms. The van der Waals surface area contributed by atoms with Gasteiger partial charge in [0.25, 0.3) is 41.2 Å². The van der Waals surface area contributed by atoms with Crippen LogP contribution in [0.3, 0.4) is 0 Å². The maximum absolute atomic E-state index is 16.4. The molecule has 6 aromatic carbocycles. The number of amides is 3. The number of rotatable bonds is 19. The number of phosphoric acid groups is 6. The third-order valence-electron chi connectivity index (χ3n) is 13.6. The zero-order valence-corrected chi connectivity index (χ0v) is 60.4. The van der Waals surface area contributed by atoms with Crippen molar-refractivity contribution in [3.8, 4) is 17.2 Å². The molecule has 1 N–H and O–H groups in total. The molecule has 6 atom stereocenters. The van der Waals surface area contributed by atoms with Gasteiger partial charge in [-0.15, -0.1) is 11.6 Å². The molecule has 0 aliphatic carbocycles. The maximum atomic E-state index is 16.4. The third kappa shape index (κ3) is 24.4. The van der Waals surface area contributed by atoms with Gasteiger partial charge in [0.05, 0.1) is 78.5 Å². The molecule has 3 amide bonds. The first-order chi connectivity index (χ1) is 46.8. The molecule has 6 aromatic rings. The van der Waals surface area contributed by atoms with Crippen LogP contribution in [-0.2, 0) is 118 Å². The minimum atomic E-state index is -6.11. The molecule has 0 saturated carbocycles. The Morgan fingerprint density at radius 2 is 0.642 bits per heavy atom. The molecule has 3 aliphatic heterocycles. The van der Waals surface area contributed by atoms with Crippen molar-refractivity contribution >= 4 is 128 Å². The van der Waals surface area contributed by atoms with Crippen LogP contribution in [0.15, 0.2) is 109 Å². The number of benzene rings is 6. The summed E-state index contributed by atoms with van der Waals surface area (Å²) in [4.78, 5) is 141. The second-order valence-corrected chi connectivity index (χ2v) is 29.4. The topological polar surface area (TPSA) is 465 Å². The van der Waals surface area contributed by atoms with Crippen LogP contribution in [0.2, 0.25) is 15.1 Å². The van der Waals surface area contributed by atoms with E-state index >= 15 is 13.2 Å². The number of fused-ring (bicyclic) bond motifs is 3. The van der Waals surface area contributed by atoms with E-state index in [0.717, 1.165) is 43.4 Å². The molecule has 53 heteroatoms. The molecule has 6 unspecified atom stereocenters. The van der Waals surface area contributed by atoms with Crippen LogP contribution in [0.4, 0.5) is 69.7 Å². The van der Waals surface area contributed by atoms with Crippen molar-refractivity contribution in [3.63, 3.8) is 0 Å². The van der Waals surface area contributed by atoms with E-state index in [1.54, 1.807) is 0 Å². The normalized spacial score (nSPS) is 18.9. The van der Waals surface area contributed by atoms with Crippen LogP contribution in [0.5, 0.6) is 17.2 Å². The summed E-state index contributed by atoms with van der Waals surface area (Å²) < 4.78 is 263. The predicted molar refractivity (Wildman–Crippen MR) is 344 cm³/mol. The van der Waals surface area contributed by atoms with Gasteiger partial charge in [0.1, 0.15) is 36.7 Å². The van der Waals surface area contributed by atoms with Crippen molar-refractivity contribution < 1.29 is 198 Å². The summed E-state index contributed by atoms with van der Waals surface area (Å²) in [6.07, 6.45) is -14.5. The minimum absolute atomic E-state index is 0. The van der Waals surface area contributed by atoms with Crippen LogP contribution in [0.25, 0.3) is 0 Å². The van der Waals surface area contributed by atoms with E-state index < -0.39 is 170 Å². The van der Waals surface area contributed by atoms with Gasteiger partial charge in [-0.1, -0.05) is 90.1 Å². The van der Waals surface area contributed by atoms with Gasteiger partial charge in [0.15, 0.2) is 0 Å². The van der Waals surface area contributed by atoms with Crippen LogP contribution < -0.4 is 73.0 Å². The Balaban J connectivity index is 0.00000149. The van der Waals surface area contributed by atoms with E-state index in [4.69, 9.17) is 65.5 Å². The predicted octanol–water partition coefficient (Wildman–Crippen LogP) is 10.0. The number of ether oxygens (including phenoxy) is 3.